The fourth-order valence-corrected chi connectivity index (χ4v) is 5.90. The molecule has 1 aliphatic heterocycles. The second-order valence-corrected chi connectivity index (χ2v) is 13.7. The van der Waals surface area contributed by atoms with E-state index in [1.807, 2.05) is 90.7 Å². The number of amides is 3. The minimum Gasteiger partial charge on any atom is -0.480 e. The molecule has 2 rings (SSSR count). The van der Waals surface area contributed by atoms with E-state index < -0.39 is 34.9 Å². The Hall–Kier alpha value is -2.98. The number of benzene rings is 1. The molecule has 0 spiro atoms. The van der Waals surface area contributed by atoms with Gasteiger partial charge in [0.15, 0.2) is 0 Å². The highest BCUT2D eigenvalue weighted by molar-refractivity contribution is 5.91. The number of carboxylic acids is 1. The Kier molecular flexibility index (Phi) is 12.1. The third kappa shape index (κ3) is 8.53. The Morgan fingerprint density at radius 2 is 1.62 bits per heavy atom. The molecule has 1 saturated heterocycles. The Morgan fingerprint density at radius 3 is 2.12 bits per heavy atom. The van der Waals surface area contributed by atoms with Gasteiger partial charge in [-0.2, -0.15) is 0 Å². The van der Waals surface area contributed by atoms with E-state index >= 15 is 0 Å². The number of hydrogen-bond donors (Lipinski definition) is 3. The summed E-state index contributed by atoms with van der Waals surface area (Å²) in [7, 11) is 5.31. The summed E-state index contributed by atoms with van der Waals surface area (Å²) in [6, 6.07) is 7.44. The maximum Gasteiger partial charge on any atom is 0.326 e. The number of carboxylic acid groups (broad SMARTS) is 1. The van der Waals surface area contributed by atoms with Crippen LogP contribution in [0.1, 0.15) is 66.9 Å². The summed E-state index contributed by atoms with van der Waals surface area (Å²) in [5.41, 5.74) is -0.0973. The van der Waals surface area contributed by atoms with Crippen LogP contribution in [0, 0.1) is 11.3 Å². The van der Waals surface area contributed by atoms with Crippen LogP contribution in [0.4, 0.5) is 0 Å². The zero-order valence-corrected chi connectivity index (χ0v) is 27.2. The predicted molar refractivity (Wildman–Crippen MR) is 165 cm³/mol. The van der Waals surface area contributed by atoms with Crippen molar-refractivity contribution in [3.63, 3.8) is 0 Å². The molecule has 1 aromatic rings. The van der Waals surface area contributed by atoms with E-state index in [2.05, 4.69) is 10.6 Å². The van der Waals surface area contributed by atoms with Crippen LogP contribution >= 0.6 is 0 Å². The summed E-state index contributed by atoms with van der Waals surface area (Å²) in [5.74, 6) is -1.59. The maximum absolute atomic E-state index is 14.1. The summed E-state index contributed by atoms with van der Waals surface area (Å²) < 4.78 is 0. The summed E-state index contributed by atoms with van der Waals surface area (Å²) in [6.45, 7) is 14.8. The van der Waals surface area contributed by atoms with Crippen molar-refractivity contribution in [2.24, 2.45) is 11.3 Å². The average molecular weight is 588 g/mol. The predicted octanol–water partition coefficient (Wildman–Crippen LogP) is 2.57. The van der Waals surface area contributed by atoms with Gasteiger partial charge in [-0.3, -0.25) is 19.3 Å². The molecule has 10 heteroatoms. The minimum absolute atomic E-state index is 0.0624. The minimum atomic E-state index is -0.975. The van der Waals surface area contributed by atoms with Gasteiger partial charge in [-0.15, -0.1) is 0 Å². The van der Waals surface area contributed by atoms with E-state index in [1.54, 1.807) is 19.0 Å². The van der Waals surface area contributed by atoms with Gasteiger partial charge in [0.25, 0.3) is 0 Å². The highest BCUT2D eigenvalue weighted by Gasteiger charge is 2.42. The molecule has 3 amide bonds. The quantitative estimate of drug-likeness (QED) is 0.324. The molecule has 1 aliphatic rings. The van der Waals surface area contributed by atoms with Crippen LogP contribution in [0.25, 0.3) is 0 Å². The SMILES string of the molecule is CN[C@H](C(=O)N[C@H](C(=O)N(C)[C@H](CN(C)CC(=O)N1CCC[C@H]1C(=O)O)C(C)C)C(C)(C)C)C(C)(C)c1ccccc1. The third-order valence-electron chi connectivity index (χ3n) is 8.57. The first kappa shape index (κ1) is 35.2. The molecule has 0 bridgehead atoms. The fraction of sp³-hybridized carbons (Fsp3) is 0.688. The summed E-state index contributed by atoms with van der Waals surface area (Å²) >= 11 is 0. The van der Waals surface area contributed by atoms with Crippen LogP contribution < -0.4 is 10.6 Å². The van der Waals surface area contributed by atoms with Crippen molar-refractivity contribution < 1.29 is 24.3 Å². The second kappa shape index (κ2) is 14.5. The largest absolute Gasteiger partial charge is 0.480 e. The highest BCUT2D eigenvalue weighted by atomic mass is 16.4. The molecule has 1 heterocycles. The van der Waals surface area contributed by atoms with Gasteiger partial charge in [-0.1, -0.05) is 78.8 Å². The lowest BCUT2D eigenvalue weighted by molar-refractivity contribution is -0.148. The number of aliphatic carboxylic acids is 1. The monoisotopic (exact) mass is 587 g/mol. The lowest BCUT2D eigenvalue weighted by Crippen LogP contribution is -2.62. The molecule has 0 unspecified atom stereocenters. The van der Waals surface area contributed by atoms with Crippen molar-refractivity contribution in [1.29, 1.82) is 0 Å². The lowest BCUT2D eigenvalue weighted by atomic mass is 9.76. The van der Waals surface area contributed by atoms with Crippen molar-refractivity contribution in [2.75, 3.05) is 40.8 Å². The van der Waals surface area contributed by atoms with Gasteiger partial charge in [-0.05, 0) is 43.8 Å². The van der Waals surface area contributed by atoms with Crippen molar-refractivity contribution in [1.82, 2.24) is 25.3 Å². The molecule has 0 aromatic heterocycles. The Labute approximate surface area is 252 Å². The Balaban J connectivity index is 2.20. The van der Waals surface area contributed by atoms with E-state index in [1.165, 1.54) is 4.90 Å². The number of nitrogens with one attached hydrogen (secondary N) is 2. The van der Waals surface area contributed by atoms with Crippen LogP contribution in [0.2, 0.25) is 0 Å². The number of likely N-dealkylation sites (N-methyl/N-ethyl adjacent to an activating group) is 3. The van der Waals surface area contributed by atoms with Gasteiger partial charge in [0, 0.05) is 31.6 Å². The summed E-state index contributed by atoms with van der Waals surface area (Å²) in [5, 5.41) is 15.7. The van der Waals surface area contributed by atoms with E-state index in [0.717, 1.165) is 5.56 Å². The highest BCUT2D eigenvalue weighted by Crippen LogP contribution is 2.29. The van der Waals surface area contributed by atoms with Gasteiger partial charge >= 0.3 is 5.97 Å². The summed E-state index contributed by atoms with van der Waals surface area (Å²) in [6.07, 6.45) is 1.14. The first-order chi connectivity index (χ1) is 19.4. The van der Waals surface area contributed by atoms with Crippen LogP contribution in [-0.4, -0.2) is 108 Å². The molecule has 10 nitrogen and oxygen atoms in total. The molecule has 0 radical (unpaired) electrons. The number of carbonyl (C=O) groups is 4. The van der Waals surface area contributed by atoms with Gasteiger partial charge in [0.2, 0.25) is 17.7 Å². The Bertz CT molecular complexity index is 1080. The number of carbonyl (C=O) groups excluding carboxylic acids is 3. The number of nitrogens with zero attached hydrogens (tertiary/aromatic N) is 3. The van der Waals surface area contributed by atoms with E-state index in [-0.39, 0.29) is 36.2 Å². The molecule has 3 N–H and O–H groups in total. The Morgan fingerprint density at radius 1 is 1.02 bits per heavy atom. The number of rotatable bonds is 13. The molecule has 4 atom stereocenters. The van der Waals surface area contributed by atoms with Crippen LogP contribution in [0.15, 0.2) is 30.3 Å². The standard InChI is InChI=1S/C32H53N5O5/c1-21(2)24(19-35(9)20-25(38)37-18-14-17-23(37)30(41)42)36(10)29(40)27(31(3,4)5)34-28(39)26(33-8)32(6,7)22-15-12-11-13-16-22/h11-13,15-16,21,23-24,26-27,33H,14,17-20H2,1-10H3,(H,34,39)(H,41,42)/t23-,24+,26+,27+/m0/s1. The molecule has 236 valence electrons. The molecular weight excluding hydrogens is 534 g/mol. The normalized spacial score (nSPS) is 18.1. The van der Waals surface area contributed by atoms with Crippen molar-refractivity contribution in [2.45, 2.75) is 90.9 Å². The van der Waals surface area contributed by atoms with Crippen LogP contribution in [0.3, 0.4) is 0 Å². The molecule has 42 heavy (non-hydrogen) atoms. The van der Waals surface area contributed by atoms with Gasteiger partial charge < -0.3 is 25.5 Å². The average Bonchev–Trinajstić information content (AvgIpc) is 3.40. The van der Waals surface area contributed by atoms with Gasteiger partial charge in [0.05, 0.1) is 12.6 Å². The van der Waals surface area contributed by atoms with Crippen molar-refractivity contribution >= 4 is 23.7 Å². The molecule has 1 fully saturated rings. The van der Waals surface area contributed by atoms with Gasteiger partial charge in [0.1, 0.15) is 12.1 Å². The molecule has 0 saturated carbocycles. The van der Waals surface area contributed by atoms with Crippen LogP contribution in [-0.2, 0) is 24.6 Å². The zero-order chi connectivity index (χ0) is 32.0. The van der Waals surface area contributed by atoms with Crippen LogP contribution in [0.5, 0.6) is 0 Å². The fourth-order valence-electron chi connectivity index (χ4n) is 5.90. The summed E-state index contributed by atoms with van der Waals surface area (Å²) in [4.78, 5) is 57.3. The maximum atomic E-state index is 14.1. The van der Waals surface area contributed by atoms with Crippen molar-refractivity contribution in [3.8, 4) is 0 Å². The smallest absolute Gasteiger partial charge is 0.326 e. The van der Waals surface area contributed by atoms with Crippen molar-refractivity contribution in [3.05, 3.63) is 35.9 Å². The number of likely N-dealkylation sites (tertiary alicyclic amines) is 1. The first-order valence-corrected chi connectivity index (χ1v) is 14.9. The number of hydrogen-bond acceptors (Lipinski definition) is 6. The van der Waals surface area contributed by atoms with E-state index in [0.29, 0.717) is 25.9 Å². The zero-order valence-electron chi connectivity index (χ0n) is 27.2. The molecule has 0 aliphatic carbocycles. The lowest BCUT2D eigenvalue weighted by Gasteiger charge is -2.41. The van der Waals surface area contributed by atoms with E-state index in [9.17, 15) is 24.3 Å². The first-order valence-electron chi connectivity index (χ1n) is 14.9. The van der Waals surface area contributed by atoms with E-state index in [4.69, 9.17) is 0 Å². The molecule has 1 aromatic carbocycles. The topological polar surface area (TPSA) is 122 Å². The van der Waals surface area contributed by atoms with Gasteiger partial charge in [-0.25, -0.2) is 4.79 Å². The third-order valence-corrected chi connectivity index (χ3v) is 8.57. The molecular formula is C32H53N5O5. The second-order valence-electron chi connectivity index (χ2n) is 13.7.